The molecule has 0 fully saturated rings. The lowest BCUT2D eigenvalue weighted by Crippen LogP contribution is -2.08. The van der Waals surface area contributed by atoms with E-state index in [4.69, 9.17) is 25.7 Å². The number of benzene rings is 5. The van der Waals surface area contributed by atoms with Gasteiger partial charge in [-0.25, -0.2) is 0 Å². The fourth-order valence-corrected chi connectivity index (χ4v) is 4.31. The minimum absolute atomic E-state index is 0.0568. The van der Waals surface area contributed by atoms with Crippen molar-refractivity contribution in [1.29, 1.82) is 0 Å². The third-order valence-corrected chi connectivity index (χ3v) is 6.32. The first kappa shape index (κ1) is 30.8. The van der Waals surface area contributed by atoms with Crippen LogP contribution in [-0.4, -0.2) is 5.78 Å². The smallest absolute Gasteiger partial charge is 0.420 e. The maximum Gasteiger partial charge on any atom is 0.420 e. The summed E-state index contributed by atoms with van der Waals surface area (Å²) < 4.78 is 99.8. The SMILES string of the molecule is Nc1ccc(Oc2cc(Oc3ccccc3C(=O)c3ccccc3)cc(Oc3ccc(N)cc3C(F)(F)F)c2)c(C(F)(F)F)c1. The molecular formula is C33H22F6N2O4. The first-order valence-electron chi connectivity index (χ1n) is 13.1. The third kappa shape index (κ3) is 7.29. The Kier molecular flexibility index (Phi) is 8.32. The predicted octanol–water partition coefficient (Wildman–Crippen LogP) is 9.50. The zero-order chi connectivity index (χ0) is 32.4. The van der Waals surface area contributed by atoms with Crippen LogP contribution < -0.4 is 25.7 Å². The van der Waals surface area contributed by atoms with E-state index in [0.29, 0.717) is 17.7 Å². The normalized spacial score (nSPS) is 11.6. The Morgan fingerprint density at radius 1 is 0.511 bits per heavy atom. The monoisotopic (exact) mass is 624 g/mol. The van der Waals surface area contributed by atoms with Gasteiger partial charge in [0, 0.05) is 35.1 Å². The summed E-state index contributed by atoms with van der Waals surface area (Å²) >= 11 is 0. The van der Waals surface area contributed by atoms with Crippen molar-refractivity contribution in [2.45, 2.75) is 12.4 Å². The molecule has 5 aromatic carbocycles. The highest BCUT2D eigenvalue weighted by Crippen LogP contribution is 2.44. The number of carbonyl (C=O) groups excluding carboxylic acids is 1. The van der Waals surface area contributed by atoms with Crippen molar-refractivity contribution in [3.8, 4) is 34.5 Å². The molecule has 0 aromatic heterocycles. The summed E-state index contributed by atoms with van der Waals surface area (Å²) in [4.78, 5) is 13.2. The highest BCUT2D eigenvalue weighted by molar-refractivity contribution is 6.10. The van der Waals surface area contributed by atoms with Gasteiger partial charge in [-0.15, -0.1) is 0 Å². The molecular weight excluding hydrogens is 602 g/mol. The number of anilines is 2. The van der Waals surface area contributed by atoms with Gasteiger partial charge in [-0.1, -0.05) is 42.5 Å². The number of alkyl halides is 6. The molecule has 0 saturated carbocycles. The number of ketones is 1. The molecule has 12 heteroatoms. The van der Waals surface area contributed by atoms with Gasteiger partial charge in [0.05, 0.1) is 5.56 Å². The molecule has 0 saturated heterocycles. The van der Waals surface area contributed by atoms with Gasteiger partial charge in [-0.3, -0.25) is 4.79 Å². The number of nitrogen functional groups attached to an aromatic ring is 2. The van der Waals surface area contributed by atoms with Gasteiger partial charge in [0.15, 0.2) is 5.78 Å². The molecule has 0 unspecified atom stereocenters. The Hall–Kier alpha value is -5.65. The van der Waals surface area contributed by atoms with Crippen LogP contribution >= 0.6 is 0 Å². The molecule has 0 amide bonds. The highest BCUT2D eigenvalue weighted by atomic mass is 19.4. The summed E-state index contributed by atoms with van der Waals surface area (Å²) in [6.45, 7) is 0. The molecule has 0 aliphatic rings. The molecule has 0 bridgehead atoms. The average molecular weight is 625 g/mol. The van der Waals surface area contributed by atoms with Crippen molar-refractivity contribution in [1.82, 2.24) is 0 Å². The van der Waals surface area contributed by atoms with Crippen LogP contribution in [0.1, 0.15) is 27.0 Å². The molecule has 5 aromatic rings. The van der Waals surface area contributed by atoms with E-state index < -0.39 is 35.0 Å². The number of para-hydroxylation sites is 1. The van der Waals surface area contributed by atoms with Crippen LogP contribution in [0.5, 0.6) is 34.5 Å². The minimum Gasteiger partial charge on any atom is -0.456 e. The van der Waals surface area contributed by atoms with Crippen molar-refractivity contribution in [2.24, 2.45) is 0 Å². The highest BCUT2D eigenvalue weighted by Gasteiger charge is 2.36. The fourth-order valence-electron chi connectivity index (χ4n) is 4.31. The first-order chi connectivity index (χ1) is 21.3. The maximum absolute atomic E-state index is 13.8. The van der Waals surface area contributed by atoms with Gasteiger partial charge < -0.3 is 25.7 Å². The van der Waals surface area contributed by atoms with Crippen molar-refractivity contribution in [3.63, 3.8) is 0 Å². The fraction of sp³-hybridized carbons (Fsp3) is 0.0606. The summed E-state index contributed by atoms with van der Waals surface area (Å²) in [5, 5.41) is 0. The summed E-state index contributed by atoms with van der Waals surface area (Å²) in [6.07, 6.45) is -9.69. The van der Waals surface area contributed by atoms with Gasteiger partial charge in [0.2, 0.25) is 0 Å². The average Bonchev–Trinajstić information content (AvgIpc) is 2.98. The van der Waals surface area contributed by atoms with Gasteiger partial charge in [-0.05, 0) is 48.5 Å². The molecule has 0 spiro atoms. The van der Waals surface area contributed by atoms with Crippen molar-refractivity contribution >= 4 is 17.2 Å². The van der Waals surface area contributed by atoms with Crippen LogP contribution in [0.4, 0.5) is 37.7 Å². The van der Waals surface area contributed by atoms with E-state index in [1.165, 1.54) is 36.4 Å². The predicted molar refractivity (Wildman–Crippen MR) is 155 cm³/mol. The molecule has 0 aliphatic heterocycles. The third-order valence-electron chi connectivity index (χ3n) is 6.32. The quantitative estimate of drug-likeness (QED) is 0.101. The molecule has 5 rings (SSSR count). The van der Waals surface area contributed by atoms with Crippen molar-refractivity contribution < 1.29 is 45.3 Å². The zero-order valence-electron chi connectivity index (χ0n) is 22.9. The second kappa shape index (κ2) is 12.2. The van der Waals surface area contributed by atoms with Gasteiger partial charge >= 0.3 is 12.4 Å². The summed E-state index contributed by atoms with van der Waals surface area (Å²) in [5.41, 5.74) is 8.91. The second-order valence-corrected chi connectivity index (χ2v) is 9.64. The van der Waals surface area contributed by atoms with Crippen LogP contribution in [-0.2, 0) is 12.4 Å². The molecule has 0 atom stereocenters. The van der Waals surface area contributed by atoms with E-state index in [9.17, 15) is 31.1 Å². The van der Waals surface area contributed by atoms with Gasteiger partial charge in [-0.2, -0.15) is 26.3 Å². The van der Waals surface area contributed by atoms with Crippen molar-refractivity contribution in [2.75, 3.05) is 11.5 Å². The van der Waals surface area contributed by atoms with E-state index in [2.05, 4.69) is 0 Å². The summed E-state index contributed by atoms with van der Waals surface area (Å²) in [6, 6.07) is 23.7. The van der Waals surface area contributed by atoms with E-state index in [1.807, 2.05) is 0 Å². The summed E-state index contributed by atoms with van der Waals surface area (Å²) in [7, 11) is 0. The number of carbonyl (C=O) groups is 1. The number of rotatable bonds is 8. The molecule has 0 heterocycles. The first-order valence-corrected chi connectivity index (χ1v) is 13.1. The molecule has 0 aliphatic carbocycles. The number of hydrogen-bond acceptors (Lipinski definition) is 6. The summed E-state index contributed by atoms with van der Waals surface area (Å²) in [5.74, 6) is -2.29. The Morgan fingerprint density at radius 2 is 0.933 bits per heavy atom. The molecule has 45 heavy (non-hydrogen) atoms. The number of nitrogens with two attached hydrogens (primary N) is 2. The van der Waals surface area contributed by atoms with Crippen LogP contribution in [0.3, 0.4) is 0 Å². The standard InChI is InChI=1S/C33H22F6N2O4/c34-32(35,36)26-14-20(40)10-12-29(26)44-23-16-22(17-24(18-23)45-30-13-11-21(41)15-27(30)33(37,38)39)43-28-9-5-4-8-25(28)31(42)19-6-2-1-3-7-19/h1-18H,40-41H2. The van der Waals surface area contributed by atoms with Gasteiger partial charge in [0.25, 0.3) is 0 Å². The molecule has 6 nitrogen and oxygen atoms in total. The lowest BCUT2D eigenvalue weighted by Gasteiger charge is -2.18. The Balaban J connectivity index is 1.59. The van der Waals surface area contributed by atoms with Crippen LogP contribution in [0.15, 0.2) is 109 Å². The lowest BCUT2D eigenvalue weighted by atomic mass is 10.0. The Bertz CT molecular complexity index is 1770. The molecule has 0 radical (unpaired) electrons. The van der Waals surface area contributed by atoms with Crippen molar-refractivity contribution in [3.05, 3.63) is 131 Å². The van der Waals surface area contributed by atoms with E-state index >= 15 is 0 Å². The second-order valence-electron chi connectivity index (χ2n) is 9.64. The Labute approximate surface area is 252 Å². The lowest BCUT2D eigenvalue weighted by molar-refractivity contribution is -0.139. The Morgan fingerprint density at radius 3 is 1.40 bits per heavy atom. The van der Waals surface area contributed by atoms with Crippen LogP contribution in [0, 0.1) is 0 Å². The maximum atomic E-state index is 13.8. The number of ether oxygens (including phenoxy) is 3. The van der Waals surface area contributed by atoms with E-state index in [0.717, 1.165) is 18.2 Å². The number of hydrogen-bond donors (Lipinski definition) is 2. The number of halogens is 6. The van der Waals surface area contributed by atoms with E-state index in [-0.39, 0.29) is 45.7 Å². The van der Waals surface area contributed by atoms with Crippen LogP contribution in [0.25, 0.3) is 0 Å². The molecule has 4 N–H and O–H groups in total. The minimum atomic E-state index is -4.85. The zero-order valence-corrected chi connectivity index (χ0v) is 22.9. The van der Waals surface area contributed by atoms with Gasteiger partial charge in [0.1, 0.15) is 45.6 Å². The topological polar surface area (TPSA) is 96.8 Å². The molecule has 230 valence electrons. The van der Waals surface area contributed by atoms with E-state index in [1.54, 1.807) is 42.5 Å². The largest absolute Gasteiger partial charge is 0.456 e. The van der Waals surface area contributed by atoms with Crippen LogP contribution in [0.2, 0.25) is 0 Å².